The zero-order chi connectivity index (χ0) is 12.3. The van der Waals surface area contributed by atoms with Gasteiger partial charge in [0.15, 0.2) is 0 Å². The van der Waals surface area contributed by atoms with Crippen LogP contribution in [0.2, 0.25) is 0 Å². The minimum absolute atomic E-state index is 0.410. The highest BCUT2D eigenvalue weighted by Crippen LogP contribution is 2.15. The van der Waals surface area contributed by atoms with E-state index < -0.39 is 12.0 Å². The first-order valence-corrected chi connectivity index (χ1v) is 6.08. The van der Waals surface area contributed by atoms with E-state index in [0.29, 0.717) is 12.8 Å². The first-order valence-electron chi connectivity index (χ1n) is 6.08. The molecule has 0 spiro atoms. The molecule has 2 heterocycles. The predicted molar refractivity (Wildman–Crippen MR) is 61.5 cm³/mol. The molecule has 3 N–H and O–H groups in total. The molecule has 6 nitrogen and oxygen atoms in total. The number of carbonyl (C=O) groups is 1. The van der Waals surface area contributed by atoms with Gasteiger partial charge in [0, 0.05) is 19.4 Å². The molecule has 0 radical (unpaired) electrons. The molecule has 0 bridgehead atoms. The zero-order valence-electron chi connectivity index (χ0n) is 9.80. The monoisotopic (exact) mass is 238 g/mol. The molecule has 1 atom stereocenters. The minimum atomic E-state index is -0.958. The summed E-state index contributed by atoms with van der Waals surface area (Å²) in [6, 6.07) is -0.811. The standard InChI is InChI=1S/C11H18N4O2/c12-8(11(16)17)5-6-10-14-13-9-4-2-1-3-7-15(9)10/h8H,1-7,12H2,(H,16,17). The maximum absolute atomic E-state index is 10.6. The van der Waals surface area contributed by atoms with Crippen molar-refractivity contribution in [3.8, 4) is 0 Å². The second-order valence-corrected chi connectivity index (χ2v) is 4.48. The fourth-order valence-electron chi connectivity index (χ4n) is 2.14. The lowest BCUT2D eigenvalue weighted by Crippen LogP contribution is -2.30. The van der Waals surface area contributed by atoms with E-state index in [1.807, 2.05) is 0 Å². The number of aryl methyl sites for hydroxylation is 2. The Bertz CT molecular complexity index is 402. The number of aliphatic carboxylic acids is 1. The summed E-state index contributed by atoms with van der Waals surface area (Å²) in [5, 5.41) is 17.0. The van der Waals surface area contributed by atoms with Crippen LogP contribution in [0.1, 0.15) is 37.3 Å². The molecular formula is C11H18N4O2. The highest BCUT2D eigenvalue weighted by atomic mass is 16.4. The first kappa shape index (κ1) is 12.0. The number of aromatic nitrogens is 3. The lowest BCUT2D eigenvalue weighted by Gasteiger charge is -2.08. The third-order valence-electron chi connectivity index (χ3n) is 3.18. The van der Waals surface area contributed by atoms with Crippen molar-refractivity contribution in [2.75, 3.05) is 0 Å². The van der Waals surface area contributed by atoms with Gasteiger partial charge in [-0.05, 0) is 19.3 Å². The molecule has 1 aliphatic heterocycles. The molecule has 0 fully saturated rings. The average Bonchev–Trinajstić information content (AvgIpc) is 2.54. The Balaban J connectivity index is 2.01. The molecule has 1 aromatic heterocycles. The Kier molecular flexibility index (Phi) is 3.73. The number of fused-ring (bicyclic) bond motifs is 1. The fraction of sp³-hybridized carbons (Fsp3) is 0.727. The molecular weight excluding hydrogens is 220 g/mol. The van der Waals surface area contributed by atoms with E-state index >= 15 is 0 Å². The summed E-state index contributed by atoms with van der Waals surface area (Å²) in [5.41, 5.74) is 5.48. The van der Waals surface area contributed by atoms with Crippen molar-refractivity contribution in [1.29, 1.82) is 0 Å². The third kappa shape index (κ3) is 2.82. The van der Waals surface area contributed by atoms with E-state index in [4.69, 9.17) is 10.8 Å². The van der Waals surface area contributed by atoms with Crippen molar-refractivity contribution in [2.24, 2.45) is 5.73 Å². The van der Waals surface area contributed by atoms with Crippen LogP contribution in [0.4, 0.5) is 0 Å². The Morgan fingerprint density at radius 1 is 1.41 bits per heavy atom. The van der Waals surface area contributed by atoms with Crippen molar-refractivity contribution < 1.29 is 9.90 Å². The predicted octanol–water partition coefficient (Wildman–Crippen LogP) is 0.349. The lowest BCUT2D eigenvalue weighted by molar-refractivity contribution is -0.138. The van der Waals surface area contributed by atoms with Crippen molar-refractivity contribution in [2.45, 2.75) is 51.1 Å². The Morgan fingerprint density at radius 3 is 3.00 bits per heavy atom. The summed E-state index contributed by atoms with van der Waals surface area (Å²) in [6.07, 6.45) is 5.49. The van der Waals surface area contributed by atoms with Gasteiger partial charge in [-0.1, -0.05) is 6.42 Å². The van der Waals surface area contributed by atoms with Gasteiger partial charge < -0.3 is 15.4 Å². The largest absolute Gasteiger partial charge is 0.480 e. The van der Waals surface area contributed by atoms with Crippen LogP contribution in [0.3, 0.4) is 0 Å². The fourth-order valence-corrected chi connectivity index (χ4v) is 2.14. The molecule has 0 saturated heterocycles. The van der Waals surface area contributed by atoms with Gasteiger partial charge in [-0.2, -0.15) is 0 Å². The van der Waals surface area contributed by atoms with Gasteiger partial charge in [0.1, 0.15) is 17.7 Å². The van der Waals surface area contributed by atoms with Crippen LogP contribution in [0, 0.1) is 0 Å². The number of hydrogen-bond donors (Lipinski definition) is 2. The van der Waals surface area contributed by atoms with Gasteiger partial charge >= 0.3 is 5.97 Å². The van der Waals surface area contributed by atoms with Gasteiger partial charge in [-0.15, -0.1) is 10.2 Å². The molecule has 1 aliphatic rings. The van der Waals surface area contributed by atoms with Crippen molar-refractivity contribution in [1.82, 2.24) is 14.8 Å². The second kappa shape index (κ2) is 5.27. The summed E-state index contributed by atoms with van der Waals surface area (Å²) in [4.78, 5) is 10.6. The van der Waals surface area contributed by atoms with E-state index in [9.17, 15) is 4.79 Å². The summed E-state index contributed by atoms with van der Waals surface area (Å²) in [6.45, 7) is 0.944. The van der Waals surface area contributed by atoms with Crippen molar-refractivity contribution in [3.05, 3.63) is 11.6 Å². The lowest BCUT2D eigenvalue weighted by atomic mass is 10.1. The SMILES string of the molecule is NC(CCc1nnc2n1CCCCC2)C(=O)O. The second-order valence-electron chi connectivity index (χ2n) is 4.48. The topological polar surface area (TPSA) is 94.0 Å². The number of nitrogens with two attached hydrogens (primary N) is 1. The van der Waals surface area contributed by atoms with Crippen LogP contribution < -0.4 is 5.73 Å². The molecule has 1 unspecified atom stereocenters. The normalized spacial score (nSPS) is 17.2. The van der Waals surface area contributed by atoms with Crippen LogP contribution >= 0.6 is 0 Å². The van der Waals surface area contributed by atoms with Crippen molar-refractivity contribution in [3.63, 3.8) is 0 Å². The zero-order valence-corrected chi connectivity index (χ0v) is 9.80. The minimum Gasteiger partial charge on any atom is -0.480 e. The van der Waals surface area contributed by atoms with E-state index in [1.165, 1.54) is 6.42 Å². The van der Waals surface area contributed by atoms with Crippen LogP contribution in [0.25, 0.3) is 0 Å². The Labute approximate surface area is 99.8 Å². The molecule has 0 saturated carbocycles. The Morgan fingerprint density at radius 2 is 2.24 bits per heavy atom. The van der Waals surface area contributed by atoms with Crippen LogP contribution in [-0.2, 0) is 24.2 Å². The maximum atomic E-state index is 10.6. The number of hydrogen-bond acceptors (Lipinski definition) is 4. The molecule has 17 heavy (non-hydrogen) atoms. The van der Waals surface area contributed by atoms with Gasteiger partial charge in [-0.25, -0.2) is 0 Å². The average molecular weight is 238 g/mol. The summed E-state index contributed by atoms with van der Waals surface area (Å²) < 4.78 is 2.13. The van der Waals surface area contributed by atoms with Crippen LogP contribution in [-0.4, -0.2) is 31.9 Å². The first-order chi connectivity index (χ1) is 8.18. The van der Waals surface area contributed by atoms with E-state index in [0.717, 1.165) is 37.5 Å². The molecule has 1 aromatic rings. The smallest absolute Gasteiger partial charge is 0.320 e. The highest BCUT2D eigenvalue weighted by molar-refractivity contribution is 5.72. The third-order valence-corrected chi connectivity index (χ3v) is 3.18. The molecule has 0 amide bonds. The molecule has 6 heteroatoms. The summed E-state index contributed by atoms with van der Waals surface area (Å²) >= 11 is 0. The molecule has 94 valence electrons. The Hall–Kier alpha value is -1.43. The number of nitrogens with zero attached hydrogens (tertiary/aromatic N) is 3. The molecule has 0 aliphatic carbocycles. The van der Waals surface area contributed by atoms with E-state index in [2.05, 4.69) is 14.8 Å². The quantitative estimate of drug-likeness (QED) is 0.789. The van der Waals surface area contributed by atoms with E-state index in [-0.39, 0.29) is 0 Å². The van der Waals surface area contributed by atoms with Crippen LogP contribution in [0.15, 0.2) is 0 Å². The van der Waals surface area contributed by atoms with Gasteiger partial charge in [0.05, 0.1) is 0 Å². The van der Waals surface area contributed by atoms with Gasteiger partial charge in [0.2, 0.25) is 0 Å². The summed E-state index contributed by atoms with van der Waals surface area (Å²) in [5.74, 6) is 0.945. The van der Waals surface area contributed by atoms with Gasteiger partial charge in [-0.3, -0.25) is 4.79 Å². The number of carboxylic acids is 1. The molecule has 0 aromatic carbocycles. The molecule has 2 rings (SSSR count). The number of carboxylic acid groups (broad SMARTS) is 1. The van der Waals surface area contributed by atoms with E-state index in [1.54, 1.807) is 0 Å². The number of rotatable bonds is 4. The van der Waals surface area contributed by atoms with Crippen LogP contribution in [0.5, 0.6) is 0 Å². The van der Waals surface area contributed by atoms with Gasteiger partial charge in [0.25, 0.3) is 0 Å². The maximum Gasteiger partial charge on any atom is 0.320 e. The summed E-state index contributed by atoms with van der Waals surface area (Å²) in [7, 11) is 0. The van der Waals surface area contributed by atoms with Crippen molar-refractivity contribution >= 4 is 5.97 Å². The highest BCUT2D eigenvalue weighted by Gasteiger charge is 2.17.